The molecule has 3 rings (SSSR count). The zero-order valence-corrected chi connectivity index (χ0v) is 13.4. The summed E-state index contributed by atoms with van der Waals surface area (Å²) in [7, 11) is 0. The first-order valence-electron chi connectivity index (χ1n) is 7.04. The van der Waals surface area contributed by atoms with E-state index in [9.17, 15) is 9.59 Å². The van der Waals surface area contributed by atoms with Crippen molar-refractivity contribution in [2.75, 3.05) is 0 Å². The third kappa shape index (κ3) is 3.20. The zero-order valence-electron chi connectivity index (χ0n) is 11.8. The zero-order chi connectivity index (χ0) is 15.5. The number of amides is 3. The van der Waals surface area contributed by atoms with Crippen molar-refractivity contribution in [3.05, 3.63) is 70.2 Å². The van der Waals surface area contributed by atoms with Gasteiger partial charge in [-0.15, -0.1) is 0 Å². The molecule has 1 fully saturated rings. The summed E-state index contributed by atoms with van der Waals surface area (Å²) in [5.41, 5.74) is 1.96. The van der Waals surface area contributed by atoms with E-state index in [1.807, 2.05) is 54.6 Å². The summed E-state index contributed by atoms with van der Waals surface area (Å²) < 4.78 is 0.968. The van der Waals surface area contributed by atoms with Crippen LogP contribution in [0.5, 0.6) is 0 Å². The molecular formula is C17H15BrN2O2. The third-order valence-corrected chi connectivity index (χ3v) is 4.17. The lowest BCUT2D eigenvalue weighted by Gasteiger charge is -2.13. The second kappa shape index (κ2) is 6.32. The fraction of sp³-hybridized carbons (Fsp3) is 0.176. The largest absolute Gasteiger partial charge is 0.325 e. The lowest BCUT2D eigenvalue weighted by Crippen LogP contribution is -2.32. The van der Waals surface area contributed by atoms with Crippen molar-refractivity contribution >= 4 is 27.9 Å². The molecule has 5 heteroatoms. The molecule has 3 amide bonds. The average Bonchev–Trinajstić information content (AvgIpc) is 2.78. The molecule has 1 aliphatic heterocycles. The van der Waals surface area contributed by atoms with Crippen molar-refractivity contribution < 1.29 is 9.59 Å². The van der Waals surface area contributed by atoms with E-state index in [0.29, 0.717) is 13.0 Å². The van der Waals surface area contributed by atoms with Crippen molar-refractivity contribution in [1.82, 2.24) is 10.2 Å². The molecule has 1 N–H and O–H groups in total. The summed E-state index contributed by atoms with van der Waals surface area (Å²) in [5, 5.41) is 2.76. The average molecular weight is 359 g/mol. The van der Waals surface area contributed by atoms with Crippen LogP contribution in [-0.2, 0) is 17.8 Å². The van der Waals surface area contributed by atoms with E-state index in [1.54, 1.807) is 0 Å². The van der Waals surface area contributed by atoms with Crippen LogP contribution in [0.1, 0.15) is 11.1 Å². The van der Waals surface area contributed by atoms with Crippen molar-refractivity contribution in [3.8, 4) is 0 Å². The van der Waals surface area contributed by atoms with Gasteiger partial charge in [0.25, 0.3) is 5.91 Å². The number of nitrogens with one attached hydrogen (secondary N) is 1. The predicted molar refractivity (Wildman–Crippen MR) is 87.2 cm³/mol. The molecule has 0 aromatic heterocycles. The van der Waals surface area contributed by atoms with Crippen molar-refractivity contribution in [1.29, 1.82) is 0 Å². The summed E-state index contributed by atoms with van der Waals surface area (Å²) in [6, 6.07) is 16.5. The van der Waals surface area contributed by atoms with E-state index in [0.717, 1.165) is 15.6 Å². The predicted octanol–water partition coefficient (Wildman–Crippen LogP) is 3.11. The molecule has 2 aromatic rings. The van der Waals surface area contributed by atoms with Crippen LogP contribution < -0.4 is 5.32 Å². The summed E-state index contributed by atoms with van der Waals surface area (Å²) in [5.74, 6) is -0.170. The smallest absolute Gasteiger partial charge is 0.325 e. The van der Waals surface area contributed by atoms with E-state index >= 15 is 0 Å². The fourth-order valence-corrected chi connectivity index (χ4v) is 2.75. The van der Waals surface area contributed by atoms with Crippen LogP contribution in [0.25, 0.3) is 0 Å². The molecule has 1 saturated heterocycles. The Morgan fingerprint density at radius 3 is 2.32 bits per heavy atom. The Kier molecular flexibility index (Phi) is 4.24. The molecule has 0 saturated carbocycles. The van der Waals surface area contributed by atoms with Crippen LogP contribution in [0, 0.1) is 0 Å². The lowest BCUT2D eigenvalue weighted by atomic mass is 10.1. The first-order valence-corrected chi connectivity index (χ1v) is 7.83. The summed E-state index contributed by atoms with van der Waals surface area (Å²) in [6.45, 7) is 0.295. The van der Waals surface area contributed by atoms with Gasteiger partial charge in [-0.25, -0.2) is 4.79 Å². The minimum absolute atomic E-state index is 0.170. The van der Waals surface area contributed by atoms with Crippen LogP contribution in [0.15, 0.2) is 59.1 Å². The van der Waals surface area contributed by atoms with Gasteiger partial charge < -0.3 is 5.32 Å². The standard InChI is InChI=1S/C17H15BrN2O2/c18-14-8-6-13(7-9-14)11-20-16(21)15(19-17(20)22)10-12-4-2-1-3-5-12/h1-9,15H,10-11H2,(H,19,22)/t15-/m1/s1. The summed E-state index contributed by atoms with van der Waals surface area (Å²) >= 11 is 3.37. The van der Waals surface area contributed by atoms with E-state index in [4.69, 9.17) is 0 Å². The molecule has 1 heterocycles. The van der Waals surface area contributed by atoms with Crippen LogP contribution in [0.4, 0.5) is 4.79 Å². The summed E-state index contributed by atoms with van der Waals surface area (Å²) in [6.07, 6.45) is 0.516. The number of nitrogens with zero attached hydrogens (tertiary/aromatic N) is 1. The molecule has 1 aliphatic rings. The van der Waals surface area contributed by atoms with Crippen molar-refractivity contribution in [2.24, 2.45) is 0 Å². The number of hydrogen-bond donors (Lipinski definition) is 1. The van der Waals surface area contributed by atoms with Gasteiger partial charge in [0.2, 0.25) is 0 Å². The maximum absolute atomic E-state index is 12.4. The lowest BCUT2D eigenvalue weighted by molar-refractivity contribution is -0.127. The van der Waals surface area contributed by atoms with Gasteiger partial charge in [0.05, 0.1) is 6.54 Å². The number of benzene rings is 2. The first kappa shape index (κ1) is 14.8. The van der Waals surface area contributed by atoms with Crippen LogP contribution >= 0.6 is 15.9 Å². The normalized spacial score (nSPS) is 17.7. The number of carbonyl (C=O) groups excluding carboxylic acids is 2. The molecule has 112 valence electrons. The van der Waals surface area contributed by atoms with E-state index in [-0.39, 0.29) is 11.9 Å². The highest BCUT2D eigenvalue weighted by Crippen LogP contribution is 2.17. The number of carbonyl (C=O) groups is 2. The minimum atomic E-state index is -0.481. The van der Waals surface area contributed by atoms with Crippen molar-refractivity contribution in [2.45, 2.75) is 19.0 Å². The molecule has 0 spiro atoms. The molecular weight excluding hydrogens is 344 g/mol. The molecule has 0 radical (unpaired) electrons. The maximum Gasteiger partial charge on any atom is 0.325 e. The Labute approximate surface area is 137 Å². The molecule has 4 nitrogen and oxygen atoms in total. The van der Waals surface area contributed by atoms with Gasteiger partial charge in [0.15, 0.2) is 0 Å². The SMILES string of the molecule is O=C1N[C@H](Cc2ccccc2)C(=O)N1Cc1ccc(Br)cc1. The number of hydrogen-bond acceptors (Lipinski definition) is 2. The molecule has 22 heavy (non-hydrogen) atoms. The minimum Gasteiger partial charge on any atom is -0.325 e. The fourth-order valence-electron chi connectivity index (χ4n) is 2.49. The van der Waals surface area contributed by atoms with Gasteiger partial charge in [-0.1, -0.05) is 58.4 Å². The first-order chi connectivity index (χ1) is 10.6. The molecule has 2 aromatic carbocycles. The van der Waals surface area contributed by atoms with E-state index in [2.05, 4.69) is 21.2 Å². The molecule has 1 atom stereocenters. The number of imide groups is 1. The second-order valence-electron chi connectivity index (χ2n) is 5.24. The Balaban J connectivity index is 1.70. The van der Waals surface area contributed by atoms with Gasteiger partial charge in [0, 0.05) is 10.9 Å². The summed E-state index contributed by atoms with van der Waals surface area (Å²) in [4.78, 5) is 25.7. The second-order valence-corrected chi connectivity index (χ2v) is 6.16. The van der Waals surface area contributed by atoms with Gasteiger partial charge in [0.1, 0.15) is 6.04 Å². The van der Waals surface area contributed by atoms with Gasteiger partial charge in [-0.2, -0.15) is 0 Å². The van der Waals surface area contributed by atoms with Gasteiger partial charge >= 0.3 is 6.03 Å². The molecule has 0 unspecified atom stereocenters. The Hall–Kier alpha value is -2.14. The Morgan fingerprint density at radius 1 is 0.955 bits per heavy atom. The highest BCUT2D eigenvalue weighted by atomic mass is 79.9. The number of rotatable bonds is 4. The Morgan fingerprint density at radius 2 is 1.64 bits per heavy atom. The quantitative estimate of drug-likeness (QED) is 0.853. The molecule has 0 aliphatic carbocycles. The van der Waals surface area contributed by atoms with Gasteiger partial charge in [-0.05, 0) is 23.3 Å². The third-order valence-electron chi connectivity index (χ3n) is 3.64. The maximum atomic E-state index is 12.4. The van der Waals surface area contributed by atoms with Crippen LogP contribution in [-0.4, -0.2) is 22.9 Å². The van der Waals surface area contributed by atoms with E-state index in [1.165, 1.54) is 4.90 Å². The van der Waals surface area contributed by atoms with E-state index < -0.39 is 6.04 Å². The highest BCUT2D eigenvalue weighted by molar-refractivity contribution is 9.10. The number of urea groups is 1. The monoisotopic (exact) mass is 358 g/mol. The highest BCUT2D eigenvalue weighted by Gasteiger charge is 2.37. The van der Waals surface area contributed by atoms with Crippen LogP contribution in [0.2, 0.25) is 0 Å². The Bertz CT molecular complexity index is 686. The van der Waals surface area contributed by atoms with Crippen LogP contribution in [0.3, 0.4) is 0 Å². The topological polar surface area (TPSA) is 49.4 Å². The number of halogens is 1. The molecule has 0 bridgehead atoms. The van der Waals surface area contributed by atoms with Crippen molar-refractivity contribution in [3.63, 3.8) is 0 Å². The van der Waals surface area contributed by atoms with Gasteiger partial charge in [-0.3, -0.25) is 9.69 Å².